The minimum atomic E-state index is 0. The molecule has 0 aromatic carbocycles. The molecular weight excluding hydrogens is 402 g/mol. The van der Waals surface area contributed by atoms with Gasteiger partial charge in [-0.1, -0.05) is 76.2 Å². The van der Waals surface area contributed by atoms with Gasteiger partial charge in [0.1, 0.15) is 0 Å². The summed E-state index contributed by atoms with van der Waals surface area (Å²) >= 11 is 0. The van der Waals surface area contributed by atoms with Crippen molar-refractivity contribution in [2.24, 2.45) is 16.7 Å². The number of piperazine rings is 1. The molecule has 0 atom stereocenters. The van der Waals surface area contributed by atoms with Gasteiger partial charge in [-0.2, -0.15) is 0 Å². The molecule has 0 spiro atoms. The number of nitrogens with zero attached hydrogens (tertiary/aromatic N) is 3. The maximum absolute atomic E-state index is 2.80. The van der Waals surface area contributed by atoms with Crippen LogP contribution in [0.25, 0.3) is 0 Å². The largest absolute Gasteiger partial charge is 0.304 e. The van der Waals surface area contributed by atoms with Crippen molar-refractivity contribution in [3.8, 4) is 0 Å². The molecular formula is C30H67N3. The van der Waals surface area contributed by atoms with E-state index in [0.29, 0.717) is 10.8 Å². The van der Waals surface area contributed by atoms with Gasteiger partial charge in [0.25, 0.3) is 0 Å². The summed E-state index contributed by atoms with van der Waals surface area (Å²) in [5, 5.41) is 0. The monoisotopic (exact) mass is 470 g/mol. The van der Waals surface area contributed by atoms with Gasteiger partial charge in [0.05, 0.1) is 0 Å². The van der Waals surface area contributed by atoms with Crippen LogP contribution in [0.1, 0.15) is 123 Å². The Bertz CT molecular complexity index is 491. The van der Waals surface area contributed by atoms with E-state index in [0.717, 1.165) is 5.92 Å². The lowest BCUT2D eigenvalue weighted by Gasteiger charge is -2.53. The highest BCUT2D eigenvalue weighted by Crippen LogP contribution is 2.50. The predicted octanol–water partition coefficient (Wildman–Crippen LogP) is 8.04. The number of likely N-dealkylation sites (N-methyl/N-ethyl adjacent to an activating group) is 1. The van der Waals surface area contributed by atoms with Crippen molar-refractivity contribution < 1.29 is 0 Å². The van der Waals surface area contributed by atoms with Crippen LogP contribution in [-0.4, -0.2) is 72.1 Å². The van der Waals surface area contributed by atoms with Gasteiger partial charge in [0.2, 0.25) is 0 Å². The van der Waals surface area contributed by atoms with Crippen molar-refractivity contribution in [3.63, 3.8) is 0 Å². The topological polar surface area (TPSA) is 9.72 Å². The molecule has 2 saturated heterocycles. The lowest BCUT2D eigenvalue weighted by Crippen LogP contribution is -2.59. The van der Waals surface area contributed by atoms with Gasteiger partial charge in [0.15, 0.2) is 0 Å². The highest BCUT2D eigenvalue weighted by atomic mass is 15.3. The molecule has 0 radical (unpaired) electrons. The quantitative estimate of drug-likeness (QED) is 0.373. The third kappa shape index (κ3) is 9.12. The second-order valence-electron chi connectivity index (χ2n) is 12.3. The van der Waals surface area contributed by atoms with Gasteiger partial charge >= 0.3 is 0 Å². The van der Waals surface area contributed by atoms with Gasteiger partial charge in [-0.05, 0) is 83.8 Å². The number of hydrogen-bond acceptors (Lipinski definition) is 3. The number of rotatable bonds is 7. The molecule has 2 aliphatic rings. The minimum Gasteiger partial charge on any atom is -0.304 e. The van der Waals surface area contributed by atoms with Gasteiger partial charge < -0.3 is 4.90 Å². The first-order valence-corrected chi connectivity index (χ1v) is 13.9. The first kappa shape index (κ1) is 35.0. The molecule has 0 N–H and O–H groups in total. The maximum atomic E-state index is 2.80. The van der Waals surface area contributed by atoms with E-state index in [1.165, 1.54) is 65.0 Å². The van der Waals surface area contributed by atoms with Gasteiger partial charge in [-0.15, -0.1) is 0 Å². The normalized spacial score (nSPS) is 20.2. The SMILES string of the molecule is C.CC.CC.CCC(C)(C)C(C)(C)C1CCN(C(C)(C)CC(C)(C)N2CCN(C)CC2)CC1. The van der Waals surface area contributed by atoms with Crippen LogP contribution in [0.4, 0.5) is 0 Å². The van der Waals surface area contributed by atoms with Crippen LogP contribution in [0.2, 0.25) is 0 Å². The molecule has 0 bridgehead atoms. The molecule has 3 nitrogen and oxygen atoms in total. The summed E-state index contributed by atoms with van der Waals surface area (Å²) in [6, 6.07) is 0. The Morgan fingerprint density at radius 3 is 1.36 bits per heavy atom. The first-order valence-electron chi connectivity index (χ1n) is 13.9. The lowest BCUT2D eigenvalue weighted by atomic mass is 9.58. The smallest absolute Gasteiger partial charge is 0.0171 e. The first-order chi connectivity index (χ1) is 14.7. The molecule has 0 saturated carbocycles. The minimum absolute atomic E-state index is 0. The zero-order valence-corrected chi connectivity index (χ0v) is 25.0. The molecule has 2 fully saturated rings. The van der Waals surface area contributed by atoms with E-state index < -0.39 is 0 Å². The number of hydrogen-bond donors (Lipinski definition) is 0. The van der Waals surface area contributed by atoms with Crippen LogP contribution in [0, 0.1) is 16.7 Å². The Balaban J connectivity index is 0. The third-order valence-electron chi connectivity index (χ3n) is 9.22. The van der Waals surface area contributed by atoms with Gasteiger partial charge in [-0.25, -0.2) is 0 Å². The van der Waals surface area contributed by atoms with Crippen LogP contribution in [-0.2, 0) is 0 Å². The van der Waals surface area contributed by atoms with E-state index in [1.54, 1.807) is 0 Å². The molecule has 2 aliphatic heterocycles. The zero-order chi connectivity index (χ0) is 25.4. The molecule has 0 aliphatic carbocycles. The van der Waals surface area contributed by atoms with Crippen LogP contribution in [0.5, 0.6) is 0 Å². The molecule has 2 heterocycles. The van der Waals surface area contributed by atoms with Crippen molar-refractivity contribution in [1.82, 2.24) is 14.7 Å². The summed E-state index contributed by atoms with van der Waals surface area (Å²) in [5.41, 5.74) is 1.36. The number of likely N-dealkylation sites (tertiary alicyclic amines) is 1. The van der Waals surface area contributed by atoms with Crippen molar-refractivity contribution in [3.05, 3.63) is 0 Å². The molecule has 0 aromatic rings. The van der Waals surface area contributed by atoms with E-state index in [2.05, 4.69) is 84.1 Å². The van der Waals surface area contributed by atoms with Crippen LogP contribution in [0.15, 0.2) is 0 Å². The summed E-state index contributed by atoms with van der Waals surface area (Å²) in [4.78, 5) is 7.99. The average molecular weight is 470 g/mol. The molecule has 0 aromatic heterocycles. The summed E-state index contributed by atoms with van der Waals surface area (Å²) in [6.07, 6.45) is 5.23. The summed E-state index contributed by atoms with van der Waals surface area (Å²) < 4.78 is 0. The second-order valence-corrected chi connectivity index (χ2v) is 12.3. The average Bonchev–Trinajstić information content (AvgIpc) is 2.76. The van der Waals surface area contributed by atoms with E-state index in [4.69, 9.17) is 0 Å². The van der Waals surface area contributed by atoms with Crippen molar-refractivity contribution >= 4 is 0 Å². The fraction of sp³-hybridized carbons (Fsp3) is 1.00. The van der Waals surface area contributed by atoms with Crippen molar-refractivity contribution in [2.45, 2.75) is 134 Å². The predicted molar refractivity (Wildman–Crippen MR) is 153 cm³/mol. The third-order valence-corrected chi connectivity index (χ3v) is 9.22. The molecule has 202 valence electrons. The fourth-order valence-electron chi connectivity index (χ4n) is 5.91. The Kier molecular flexibility index (Phi) is 15.3. The lowest BCUT2D eigenvalue weighted by molar-refractivity contribution is -0.0373. The highest BCUT2D eigenvalue weighted by Gasteiger charge is 2.45. The van der Waals surface area contributed by atoms with Crippen molar-refractivity contribution in [2.75, 3.05) is 46.3 Å². The van der Waals surface area contributed by atoms with Crippen molar-refractivity contribution in [1.29, 1.82) is 0 Å². The Morgan fingerprint density at radius 2 is 1.00 bits per heavy atom. The standard InChI is InChI=1S/C25H51N3.2C2H6.CH4/c1-11-22(2,3)25(8,9)21-12-14-27(15-13-21)23(4,5)20-24(6,7)28-18-16-26(10)17-19-28;2*1-2;/h21H,11-20H2,1-10H3;2*1-2H3;1H4. The van der Waals surface area contributed by atoms with E-state index in [1.807, 2.05) is 27.7 Å². The molecule has 0 amide bonds. The van der Waals surface area contributed by atoms with E-state index in [-0.39, 0.29) is 18.5 Å². The molecule has 3 heteroatoms. The number of piperidine rings is 1. The Morgan fingerprint density at radius 1 is 0.636 bits per heavy atom. The van der Waals surface area contributed by atoms with Gasteiger partial charge in [0, 0.05) is 37.3 Å². The molecule has 33 heavy (non-hydrogen) atoms. The second kappa shape index (κ2) is 14.4. The highest BCUT2D eigenvalue weighted by molar-refractivity contribution is 4.98. The maximum Gasteiger partial charge on any atom is 0.0171 e. The van der Waals surface area contributed by atoms with E-state index >= 15 is 0 Å². The fourth-order valence-corrected chi connectivity index (χ4v) is 5.91. The Labute approximate surface area is 212 Å². The summed E-state index contributed by atoms with van der Waals surface area (Å²) in [5.74, 6) is 0.847. The van der Waals surface area contributed by atoms with E-state index in [9.17, 15) is 0 Å². The Hall–Kier alpha value is -0.120. The zero-order valence-electron chi connectivity index (χ0n) is 25.0. The molecule has 0 unspecified atom stereocenters. The summed E-state index contributed by atoms with van der Waals surface area (Å²) in [6.45, 7) is 37.7. The van der Waals surface area contributed by atoms with Gasteiger partial charge in [-0.3, -0.25) is 9.80 Å². The van der Waals surface area contributed by atoms with Crippen LogP contribution in [0.3, 0.4) is 0 Å². The molecule has 2 rings (SSSR count). The van der Waals surface area contributed by atoms with Crippen LogP contribution >= 0.6 is 0 Å². The summed E-state index contributed by atoms with van der Waals surface area (Å²) in [7, 11) is 2.25. The van der Waals surface area contributed by atoms with Crippen LogP contribution < -0.4 is 0 Å².